The van der Waals surface area contributed by atoms with Crippen molar-refractivity contribution in [2.75, 3.05) is 6.54 Å². The summed E-state index contributed by atoms with van der Waals surface area (Å²) < 4.78 is 0. The molecule has 1 aromatic rings. The fourth-order valence-corrected chi connectivity index (χ4v) is 2.00. The van der Waals surface area contributed by atoms with Crippen molar-refractivity contribution in [2.24, 2.45) is 0 Å². The van der Waals surface area contributed by atoms with Gasteiger partial charge in [0, 0.05) is 30.2 Å². The van der Waals surface area contributed by atoms with E-state index in [1.807, 2.05) is 20.8 Å². The van der Waals surface area contributed by atoms with Crippen LogP contribution in [0.3, 0.4) is 0 Å². The molecule has 1 aromatic carbocycles. The Hall–Kier alpha value is -2.44. The number of benzene rings is 1. The molecule has 0 heterocycles. The number of carboxylic acids is 1. The zero-order valence-electron chi connectivity index (χ0n) is 12.9. The van der Waals surface area contributed by atoms with Gasteiger partial charge in [-0.25, -0.2) is 0 Å². The Morgan fingerprint density at radius 2 is 1.95 bits per heavy atom. The van der Waals surface area contributed by atoms with Crippen LogP contribution in [0.2, 0.25) is 0 Å². The van der Waals surface area contributed by atoms with E-state index in [4.69, 9.17) is 5.11 Å². The van der Waals surface area contributed by atoms with E-state index in [1.54, 1.807) is 12.1 Å². The Morgan fingerprint density at radius 1 is 1.32 bits per heavy atom. The summed E-state index contributed by atoms with van der Waals surface area (Å²) in [4.78, 5) is 33.0. The minimum Gasteiger partial charge on any atom is -0.481 e. The van der Waals surface area contributed by atoms with Crippen LogP contribution in [-0.4, -0.2) is 28.5 Å². The molecule has 0 spiro atoms. The second-order valence-electron chi connectivity index (χ2n) is 5.99. The van der Waals surface area contributed by atoms with Gasteiger partial charge < -0.3 is 10.4 Å². The Balaban J connectivity index is 2.88. The lowest BCUT2D eigenvalue weighted by Crippen LogP contribution is -2.25. The van der Waals surface area contributed by atoms with Crippen LogP contribution in [0.25, 0.3) is 0 Å². The normalized spacial score (nSPS) is 11.0. The highest BCUT2D eigenvalue weighted by atomic mass is 16.6. The van der Waals surface area contributed by atoms with Crippen molar-refractivity contribution in [3.63, 3.8) is 0 Å². The molecule has 0 unspecified atom stereocenters. The molecular weight excluding hydrogens is 288 g/mol. The van der Waals surface area contributed by atoms with Gasteiger partial charge in [0.15, 0.2) is 0 Å². The molecule has 0 saturated carbocycles. The molecule has 0 atom stereocenters. The minimum atomic E-state index is -0.931. The predicted molar refractivity (Wildman–Crippen MR) is 81.0 cm³/mol. The van der Waals surface area contributed by atoms with Crippen LogP contribution < -0.4 is 5.32 Å². The Labute approximate surface area is 128 Å². The number of rotatable bonds is 6. The molecule has 7 nitrogen and oxygen atoms in total. The van der Waals surface area contributed by atoms with E-state index in [2.05, 4.69) is 5.32 Å². The maximum Gasteiger partial charge on any atom is 0.303 e. The van der Waals surface area contributed by atoms with Gasteiger partial charge in [0.1, 0.15) is 0 Å². The van der Waals surface area contributed by atoms with Gasteiger partial charge in [-0.2, -0.15) is 0 Å². The second-order valence-corrected chi connectivity index (χ2v) is 5.99. The summed E-state index contributed by atoms with van der Waals surface area (Å²) in [6, 6.07) is 4.39. The SMILES string of the molecule is CC(C)(C)c1ccc(C(=O)NCCCC(=O)O)cc1[N+](=O)[O-]. The van der Waals surface area contributed by atoms with Crippen LogP contribution in [0.1, 0.15) is 49.5 Å². The molecule has 1 amide bonds. The highest BCUT2D eigenvalue weighted by Gasteiger charge is 2.25. The first-order valence-corrected chi connectivity index (χ1v) is 6.92. The molecule has 2 N–H and O–H groups in total. The predicted octanol–water partition coefficient (Wildman–Crippen LogP) is 2.49. The smallest absolute Gasteiger partial charge is 0.303 e. The zero-order valence-corrected chi connectivity index (χ0v) is 12.9. The van der Waals surface area contributed by atoms with Crippen LogP contribution in [0.4, 0.5) is 5.69 Å². The van der Waals surface area contributed by atoms with Gasteiger partial charge in [0.2, 0.25) is 0 Å². The average Bonchev–Trinajstić information content (AvgIpc) is 2.41. The van der Waals surface area contributed by atoms with Gasteiger partial charge >= 0.3 is 5.97 Å². The number of amides is 1. The van der Waals surface area contributed by atoms with E-state index in [9.17, 15) is 19.7 Å². The van der Waals surface area contributed by atoms with Crippen molar-refractivity contribution in [2.45, 2.75) is 39.0 Å². The first kappa shape index (κ1) is 17.6. The number of nitro benzene ring substituents is 1. The highest BCUT2D eigenvalue weighted by molar-refractivity contribution is 5.95. The molecule has 120 valence electrons. The number of nitro groups is 1. The molecule has 0 bridgehead atoms. The van der Waals surface area contributed by atoms with E-state index < -0.39 is 22.2 Å². The summed E-state index contributed by atoms with van der Waals surface area (Å²) in [6.07, 6.45) is 0.270. The quantitative estimate of drug-likeness (QED) is 0.476. The monoisotopic (exact) mass is 308 g/mol. The average molecular weight is 308 g/mol. The first-order valence-electron chi connectivity index (χ1n) is 6.92. The third-order valence-corrected chi connectivity index (χ3v) is 3.12. The van der Waals surface area contributed by atoms with Crippen LogP contribution >= 0.6 is 0 Å². The van der Waals surface area contributed by atoms with Crippen molar-refractivity contribution in [3.8, 4) is 0 Å². The van der Waals surface area contributed by atoms with Crippen molar-refractivity contribution in [1.82, 2.24) is 5.32 Å². The summed E-state index contributed by atoms with van der Waals surface area (Å²) in [5, 5.41) is 22.3. The molecule has 0 saturated heterocycles. The van der Waals surface area contributed by atoms with E-state index in [0.29, 0.717) is 12.0 Å². The molecule has 0 aromatic heterocycles. The second kappa shape index (κ2) is 7.02. The highest BCUT2D eigenvalue weighted by Crippen LogP contribution is 2.31. The van der Waals surface area contributed by atoms with Crippen LogP contribution in [0, 0.1) is 10.1 Å². The number of carbonyl (C=O) groups excluding carboxylic acids is 1. The lowest BCUT2D eigenvalue weighted by molar-refractivity contribution is -0.386. The Kier molecular flexibility index (Phi) is 5.62. The molecule has 0 fully saturated rings. The molecule has 0 aliphatic carbocycles. The lowest BCUT2D eigenvalue weighted by atomic mass is 9.85. The molecule has 0 radical (unpaired) electrons. The number of nitrogens with one attached hydrogen (secondary N) is 1. The van der Waals surface area contributed by atoms with E-state index in [0.717, 1.165) is 0 Å². The Morgan fingerprint density at radius 3 is 2.45 bits per heavy atom. The lowest BCUT2D eigenvalue weighted by Gasteiger charge is -2.19. The van der Waals surface area contributed by atoms with Gasteiger partial charge in [0.05, 0.1) is 4.92 Å². The molecule has 22 heavy (non-hydrogen) atoms. The maximum atomic E-state index is 11.9. The summed E-state index contributed by atoms with van der Waals surface area (Å²) in [5.74, 6) is -1.38. The number of aliphatic carboxylic acids is 1. The standard InChI is InChI=1S/C15H20N2O5/c1-15(2,3)11-7-6-10(9-12(11)17(21)22)14(20)16-8-4-5-13(18)19/h6-7,9H,4-5,8H2,1-3H3,(H,16,20)(H,18,19). The van der Waals surface area contributed by atoms with E-state index in [-0.39, 0.29) is 24.2 Å². The molecule has 0 aliphatic rings. The first-order chi connectivity index (χ1) is 10.1. The summed E-state index contributed by atoms with van der Waals surface area (Å²) in [5.41, 5.74) is 0.249. The van der Waals surface area contributed by atoms with Crippen LogP contribution in [0.15, 0.2) is 18.2 Å². The van der Waals surface area contributed by atoms with Crippen molar-refractivity contribution in [3.05, 3.63) is 39.4 Å². The fourth-order valence-electron chi connectivity index (χ4n) is 2.00. The van der Waals surface area contributed by atoms with Gasteiger partial charge in [0.25, 0.3) is 11.6 Å². The maximum absolute atomic E-state index is 11.9. The fraction of sp³-hybridized carbons (Fsp3) is 0.467. The van der Waals surface area contributed by atoms with Crippen LogP contribution in [-0.2, 0) is 10.2 Å². The largest absolute Gasteiger partial charge is 0.481 e. The van der Waals surface area contributed by atoms with Gasteiger partial charge in [-0.3, -0.25) is 19.7 Å². The Bertz CT molecular complexity index is 590. The topological polar surface area (TPSA) is 110 Å². The van der Waals surface area contributed by atoms with Gasteiger partial charge in [-0.15, -0.1) is 0 Å². The molecular formula is C15H20N2O5. The van der Waals surface area contributed by atoms with E-state index >= 15 is 0 Å². The minimum absolute atomic E-state index is 0.0383. The third kappa shape index (κ3) is 4.83. The number of hydrogen-bond acceptors (Lipinski definition) is 4. The summed E-state index contributed by atoms with van der Waals surface area (Å²) >= 11 is 0. The van der Waals surface area contributed by atoms with Gasteiger partial charge in [-0.05, 0) is 17.9 Å². The summed E-state index contributed by atoms with van der Waals surface area (Å²) in [7, 11) is 0. The molecule has 7 heteroatoms. The van der Waals surface area contributed by atoms with Crippen molar-refractivity contribution >= 4 is 17.6 Å². The third-order valence-electron chi connectivity index (χ3n) is 3.12. The molecule has 1 rings (SSSR count). The van der Waals surface area contributed by atoms with E-state index in [1.165, 1.54) is 6.07 Å². The van der Waals surface area contributed by atoms with Crippen LogP contribution in [0.5, 0.6) is 0 Å². The number of nitrogens with zero attached hydrogens (tertiary/aromatic N) is 1. The summed E-state index contributed by atoms with van der Waals surface area (Å²) in [6.45, 7) is 5.79. The van der Waals surface area contributed by atoms with Crippen molar-refractivity contribution < 1.29 is 19.6 Å². The number of carboxylic acid groups (broad SMARTS) is 1. The zero-order chi connectivity index (χ0) is 16.9. The number of hydrogen-bond donors (Lipinski definition) is 2. The van der Waals surface area contributed by atoms with Crippen molar-refractivity contribution in [1.29, 1.82) is 0 Å². The number of carbonyl (C=O) groups is 2. The van der Waals surface area contributed by atoms with Gasteiger partial charge in [-0.1, -0.05) is 26.8 Å². The molecule has 0 aliphatic heterocycles.